The van der Waals surface area contributed by atoms with Crippen LogP contribution in [0.4, 0.5) is 0 Å². The fourth-order valence-corrected chi connectivity index (χ4v) is 0.618. The normalized spacial score (nSPS) is 22.0. The van der Waals surface area contributed by atoms with Gasteiger partial charge in [-0.15, -0.1) is 0 Å². The van der Waals surface area contributed by atoms with E-state index in [0.29, 0.717) is 6.61 Å². The number of hydrogen-bond acceptors (Lipinski definition) is 4. The maximum atomic E-state index is 10.4. The minimum atomic E-state index is -0.579. The molecule has 0 amide bonds. The van der Waals surface area contributed by atoms with Crippen LogP contribution in [0, 0.1) is 0 Å². The first-order chi connectivity index (χ1) is 5.33. The van der Waals surface area contributed by atoms with Crippen LogP contribution in [-0.2, 0) is 19.3 Å². The van der Waals surface area contributed by atoms with Crippen molar-refractivity contribution in [1.29, 1.82) is 0 Å². The second kappa shape index (κ2) is 4.10. The van der Waals surface area contributed by atoms with Gasteiger partial charge in [0, 0.05) is 12.7 Å². The lowest BCUT2D eigenvalue weighted by Crippen LogP contribution is -2.31. The van der Waals surface area contributed by atoms with Crippen LogP contribution < -0.4 is 0 Å². The predicted molar refractivity (Wildman–Crippen MR) is 36.6 cm³/mol. The first kappa shape index (κ1) is 8.23. The molecule has 0 aromatic heterocycles. The summed E-state index contributed by atoms with van der Waals surface area (Å²) in [6.45, 7) is 4.28. The highest BCUT2D eigenvalue weighted by molar-refractivity contribution is 5.80. The van der Waals surface area contributed by atoms with Crippen molar-refractivity contribution in [1.82, 2.24) is 0 Å². The van der Waals surface area contributed by atoms with Crippen molar-refractivity contribution in [3.05, 3.63) is 12.7 Å². The molecule has 0 saturated carbocycles. The number of ether oxygens (including phenoxy) is 1. The van der Waals surface area contributed by atoms with Crippen LogP contribution in [-0.4, -0.2) is 25.3 Å². The largest absolute Gasteiger partial charge is 0.375 e. The van der Waals surface area contributed by atoms with Crippen molar-refractivity contribution in [3.63, 3.8) is 0 Å². The number of carbonyl (C=O) groups excluding carboxylic acids is 1. The first-order valence-corrected chi connectivity index (χ1v) is 3.40. The summed E-state index contributed by atoms with van der Waals surface area (Å²) in [6, 6.07) is 0. The van der Waals surface area contributed by atoms with Gasteiger partial charge >= 0.3 is 5.97 Å². The topological polar surface area (TPSA) is 44.8 Å². The SMILES string of the molecule is C=CC(=O)OOCC1CCO1. The molecule has 0 aromatic rings. The molecule has 0 bridgehead atoms. The Bertz CT molecular complexity index is 151. The standard InChI is InChI=1S/C7H10O4/c1-2-7(8)11-10-5-6-3-4-9-6/h2,6H,1,3-5H2. The van der Waals surface area contributed by atoms with E-state index in [1.807, 2.05) is 0 Å². The number of rotatable bonds is 4. The molecule has 0 radical (unpaired) electrons. The third kappa shape index (κ3) is 2.69. The molecule has 4 heteroatoms. The Morgan fingerprint density at radius 3 is 3.00 bits per heavy atom. The molecule has 1 saturated heterocycles. The van der Waals surface area contributed by atoms with Crippen molar-refractivity contribution < 1.29 is 19.3 Å². The Morgan fingerprint density at radius 2 is 2.55 bits per heavy atom. The Labute approximate surface area is 64.7 Å². The van der Waals surface area contributed by atoms with E-state index in [1.165, 1.54) is 0 Å². The summed E-state index contributed by atoms with van der Waals surface area (Å²) in [5.74, 6) is -0.579. The number of hydrogen-bond donors (Lipinski definition) is 0. The average molecular weight is 158 g/mol. The van der Waals surface area contributed by atoms with Crippen LogP contribution in [0.5, 0.6) is 0 Å². The van der Waals surface area contributed by atoms with Crippen molar-refractivity contribution in [3.8, 4) is 0 Å². The highest BCUT2D eigenvalue weighted by atomic mass is 17.2. The molecule has 1 atom stereocenters. The third-order valence-corrected chi connectivity index (χ3v) is 1.36. The van der Waals surface area contributed by atoms with Gasteiger partial charge in [-0.3, -0.25) is 4.89 Å². The summed E-state index contributed by atoms with van der Waals surface area (Å²) in [4.78, 5) is 19.2. The zero-order valence-corrected chi connectivity index (χ0v) is 6.12. The van der Waals surface area contributed by atoms with Gasteiger partial charge in [0.2, 0.25) is 0 Å². The molecule has 1 aliphatic heterocycles. The summed E-state index contributed by atoms with van der Waals surface area (Å²) in [5.41, 5.74) is 0. The van der Waals surface area contributed by atoms with Gasteiger partial charge in [-0.2, -0.15) is 4.89 Å². The third-order valence-electron chi connectivity index (χ3n) is 1.36. The zero-order chi connectivity index (χ0) is 8.10. The smallest absolute Gasteiger partial charge is 0.365 e. The number of carbonyl (C=O) groups is 1. The van der Waals surface area contributed by atoms with E-state index >= 15 is 0 Å². The summed E-state index contributed by atoms with van der Waals surface area (Å²) in [7, 11) is 0. The van der Waals surface area contributed by atoms with Gasteiger partial charge in [-0.05, 0) is 6.42 Å². The van der Waals surface area contributed by atoms with Gasteiger partial charge in [-0.25, -0.2) is 4.79 Å². The van der Waals surface area contributed by atoms with Crippen LogP contribution in [0.15, 0.2) is 12.7 Å². The van der Waals surface area contributed by atoms with Crippen LogP contribution in [0.3, 0.4) is 0 Å². The fourth-order valence-electron chi connectivity index (χ4n) is 0.618. The Morgan fingerprint density at radius 1 is 1.82 bits per heavy atom. The molecule has 4 nitrogen and oxygen atoms in total. The molecule has 11 heavy (non-hydrogen) atoms. The minimum absolute atomic E-state index is 0.0904. The molecule has 1 rings (SSSR count). The van der Waals surface area contributed by atoms with Gasteiger partial charge in [0.25, 0.3) is 0 Å². The molecule has 0 aliphatic carbocycles. The minimum Gasteiger partial charge on any atom is -0.375 e. The molecule has 1 heterocycles. The fraction of sp³-hybridized carbons (Fsp3) is 0.571. The molecule has 1 fully saturated rings. The lowest BCUT2D eigenvalue weighted by Gasteiger charge is -2.24. The van der Waals surface area contributed by atoms with Crippen molar-refractivity contribution in [2.75, 3.05) is 13.2 Å². The molecular formula is C7H10O4. The van der Waals surface area contributed by atoms with E-state index in [1.54, 1.807) is 0 Å². The molecular weight excluding hydrogens is 148 g/mol. The molecule has 62 valence electrons. The second-order valence-corrected chi connectivity index (χ2v) is 2.17. The maximum Gasteiger partial charge on any atom is 0.365 e. The Balaban J connectivity index is 1.94. The van der Waals surface area contributed by atoms with Crippen LogP contribution >= 0.6 is 0 Å². The van der Waals surface area contributed by atoms with Crippen molar-refractivity contribution >= 4 is 5.97 Å². The van der Waals surface area contributed by atoms with E-state index in [-0.39, 0.29) is 6.10 Å². The van der Waals surface area contributed by atoms with E-state index in [2.05, 4.69) is 16.4 Å². The van der Waals surface area contributed by atoms with Crippen molar-refractivity contribution in [2.45, 2.75) is 12.5 Å². The molecule has 1 aliphatic rings. The predicted octanol–water partition coefficient (Wildman–Crippen LogP) is 0.436. The summed E-state index contributed by atoms with van der Waals surface area (Å²) in [5, 5.41) is 0. The summed E-state index contributed by atoms with van der Waals surface area (Å²) in [6.07, 6.45) is 2.10. The summed E-state index contributed by atoms with van der Waals surface area (Å²) < 4.78 is 5.00. The quantitative estimate of drug-likeness (QED) is 0.338. The monoisotopic (exact) mass is 158 g/mol. The highest BCUT2D eigenvalue weighted by Crippen LogP contribution is 2.10. The van der Waals surface area contributed by atoms with E-state index in [9.17, 15) is 4.79 Å². The van der Waals surface area contributed by atoms with E-state index in [0.717, 1.165) is 19.1 Å². The zero-order valence-electron chi connectivity index (χ0n) is 6.12. The maximum absolute atomic E-state index is 10.4. The summed E-state index contributed by atoms with van der Waals surface area (Å²) >= 11 is 0. The Kier molecular flexibility index (Phi) is 3.07. The van der Waals surface area contributed by atoms with Crippen LogP contribution in [0.25, 0.3) is 0 Å². The van der Waals surface area contributed by atoms with Crippen LogP contribution in [0.1, 0.15) is 6.42 Å². The van der Waals surface area contributed by atoms with Gasteiger partial charge < -0.3 is 4.74 Å². The van der Waals surface area contributed by atoms with Gasteiger partial charge in [-0.1, -0.05) is 6.58 Å². The van der Waals surface area contributed by atoms with E-state index in [4.69, 9.17) is 4.74 Å². The van der Waals surface area contributed by atoms with Crippen LogP contribution in [0.2, 0.25) is 0 Å². The highest BCUT2D eigenvalue weighted by Gasteiger charge is 2.18. The van der Waals surface area contributed by atoms with Gasteiger partial charge in [0.1, 0.15) is 6.61 Å². The molecule has 0 aromatic carbocycles. The lowest BCUT2D eigenvalue weighted by molar-refractivity contribution is -0.287. The van der Waals surface area contributed by atoms with Gasteiger partial charge in [0.15, 0.2) is 0 Å². The Hall–Kier alpha value is -0.870. The molecule has 0 spiro atoms. The van der Waals surface area contributed by atoms with E-state index < -0.39 is 5.97 Å². The molecule has 1 unspecified atom stereocenters. The second-order valence-electron chi connectivity index (χ2n) is 2.17. The van der Waals surface area contributed by atoms with Gasteiger partial charge in [0.05, 0.1) is 6.10 Å². The lowest BCUT2D eigenvalue weighted by atomic mass is 10.2. The average Bonchev–Trinajstić information content (AvgIpc) is 1.94. The van der Waals surface area contributed by atoms with Crippen molar-refractivity contribution in [2.24, 2.45) is 0 Å². The first-order valence-electron chi connectivity index (χ1n) is 3.40. The molecule has 0 N–H and O–H groups in total.